The molecule has 1 aromatic carbocycles. The van der Waals surface area contributed by atoms with E-state index in [1.54, 1.807) is 14.4 Å². The lowest BCUT2D eigenvalue weighted by Gasteiger charge is -2.35. The Morgan fingerprint density at radius 2 is 2.00 bits per heavy atom. The van der Waals surface area contributed by atoms with E-state index in [0.717, 1.165) is 18.6 Å². The van der Waals surface area contributed by atoms with Crippen LogP contribution in [0.4, 0.5) is 23.5 Å². The monoisotopic (exact) mass is 399 g/mol. The van der Waals surface area contributed by atoms with Gasteiger partial charge >= 0.3 is 6.18 Å². The number of likely N-dealkylation sites (tertiary alicyclic amines) is 1. The molecule has 152 valence electrons. The van der Waals surface area contributed by atoms with Gasteiger partial charge in [-0.3, -0.25) is 4.79 Å². The van der Waals surface area contributed by atoms with Crippen molar-refractivity contribution < 1.29 is 22.4 Å². The van der Waals surface area contributed by atoms with Crippen LogP contribution in [0.15, 0.2) is 18.2 Å². The topological polar surface area (TPSA) is 67.4 Å². The molecule has 2 saturated heterocycles. The number of amides is 1. The molecule has 6 nitrogen and oxygen atoms in total. The van der Waals surface area contributed by atoms with Crippen LogP contribution in [0.5, 0.6) is 0 Å². The van der Waals surface area contributed by atoms with Crippen LogP contribution in [0.25, 0.3) is 11.0 Å². The van der Waals surface area contributed by atoms with Crippen LogP contribution < -0.4 is 10.6 Å². The number of imidazole rings is 1. The highest BCUT2D eigenvalue weighted by molar-refractivity contribution is 5.84. The second kappa shape index (κ2) is 6.91. The zero-order valence-electron chi connectivity index (χ0n) is 15.1. The fraction of sp³-hybridized carbons (Fsp3) is 0.556. The fourth-order valence-corrected chi connectivity index (χ4v) is 3.63. The van der Waals surface area contributed by atoms with Crippen LogP contribution >= 0.6 is 0 Å². The minimum absolute atomic E-state index is 0.0258. The summed E-state index contributed by atoms with van der Waals surface area (Å²) in [6, 6.07) is 2.59. The Hall–Kier alpha value is -2.36. The average molecular weight is 399 g/mol. The number of piperidine rings is 1. The summed E-state index contributed by atoms with van der Waals surface area (Å²) in [5.41, 5.74) is 5.62. The summed E-state index contributed by atoms with van der Waals surface area (Å²) in [5, 5.41) is 0. The number of hydrogen-bond acceptors (Lipinski definition) is 4. The summed E-state index contributed by atoms with van der Waals surface area (Å²) < 4.78 is 54.6. The lowest BCUT2D eigenvalue weighted by molar-refractivity contribution is -0.137. The van der Waals surface area contributed by atoms with Gasteiger partial charge in [0.25, 0.3) is 0 Å². The minimum Gasteiger partial charge on any atom is -0.341 e. The highest BCUT2D eigenvalue weighted by atomic mass is 19.4. The molecule has 0 spiro atoms. The average Bonchev–Trinajstić information content (AvgIpc) is 2.93. The van der Waals surface area contributed by atoms with Crippen molar-refractivity contribution in [3.05, 3.63) is 23.8 Å². The molecule has 2 N–H and O–H groups in total. The summed E-state index contributed by atoms with van der Waals surface area (Å²) >= 11 is 0. The lowest BCUT2D eigenvalue weighted by atomic mass is 10.1. The Morgan fingerprint density at radius 1 is 1.25 bits per heavy atom. The number of aromatic nitrogens is 2. The largest absolute Gasteiger partial charge is 0.416 e. The lowest BCUT2D eigenvalue weighted by Crippen LogP contribution is -2.50. The van der Waals surface area contributed by atoms with Crippen LogP contribution in [-0.2, 0) is 17.5 Å². The third-order valence-corrected chi connectivity index (χ3v) is 5.41. The molecular formula is C18H21F4N5O. The Labute approximate surface area is 158 Å². The van der Waals surface area contributed by atoms with E-state index in [2.05, 4.69) is 4.98 Å². The van der Waals surface area contributed by atoms with Crippen LogP contribution in [0, 0.1) is 0 Å². The van der Waals surface area contributed by atoms with Crippen molar-refractivity contribution in [3.63, 3.8) is 0 Å². The molecule has 0 aliphatic carbocycles. The van der Waals surface area contributed by atoms with Gasteiger partial charge in [0.15, 0.2) is 0 Å². The van der Waals surface area contributed by atoms with Crippen LogP contribution in [-0.4, -0.2) is 58.8 Å². The summed E-state index contributed by atoms with van der Waals surface area (Å²) in [4.78, 5) is 20.3. The second-order valence-electron chi connectivity index (χ2n) is 7.35. The number of benzene rings is 1. The number of anilines is 1. The number of nitrogens with two attached hydrogens (primary N) is 1. The van der Waals surface area contributed by atoms with Crippen molar-refractivity contribution >= 4 is 22.9 Å². The molecule has 10 heteroatoms. The van der Waals surface area contributed by atoms with E-state index in [1.807, 2.05) is 0 Å². The van der Waals surface area contributed by atoms with Gasteiger partial charge in [0.05, 0.1) is 22.6 Å². The first-order chi connectivity index (χ1) is 13.2. The molecule has 1 amide bonds. The standard InChI is InChI=1S/C18H21F4N5O/c19-12-4-7-26(9-13(12)23)17-24-14-8-11(18(20,21)22)2-3-15(14)27(17)10-16(28)25-5-1-6-25/h2-3,8,12-13H,1,4-7,9-10,23H2/t12-,13+/m0/s1. The van der Waals surface area contributed by atoms with Crippen molar-refractivity contribution in [3.8, 4) is 0 Å². The first-order valence-electron chi connectivity index (χ1n) is 9.24. The number of carbonyl (C=O) groups is 1. The van der Waals surface area contributed by atoms with Crippen LogP contribution in [0.2, 0.25) is 0 Å². The number of halogens is 4. The Morgan fingerprint density at radius 3 is 2.61 bits per heavy atom. The van der Waals surface area contributed by atoms with Gasteiger partial charge in [0, 0.05) is 26.2 Å². The number of carbonyl (C=O) groups excluding carboxylic acids is 1. The smallest absolute Gasteiger partial charge is 0.341 e. The van der Waals surface area contributed by atoms with Crippen molar-refractivity contribution in [1.82, 2.24) is 14.5 Å². The summed E-state index contributed by atoms with van der Waals surface area (Å²) in [7, 11) is 0. The molecule has 2 atom stereocenters. The molecule has 0 saturated carbocycles. The van der Waals surface area contributed by atoms with E-state index in [-0.39, 0.29) is 30.9 Å². The summed E-state index contributed by atoms with van der Waals surface area (Å²) in [5.74, 6) is 0.238. The molecule has 2 aliphatic heterocycles. The Bertz CT molecular complexity index is 892. The molecule has 0 unspecified atom stereocenters. The van der Waals surface area contributed by atoms with Crippen LogP contribution in [0.3, 0.4) is 0 Å². The molecule has 0 radical (unpaired) electrons. The quantitative estimate of drug-likeness (QED) is 0.804. The first-order valence-corrected chi connectivity index (χ1v) is 9.24. The van der Waals surface area contributed by atoms with Gasteiger partial charge in [-0.15, -0.1) is 0 Å². The van der Waals surface area contributed by atoms with E-state index >= 15 is 0 Å². The van der Waals surface area contributed by atoms with E-state index in [4.69, 9.17) is 5.73 Å². The van der Waals surface area contributed by atoms with Gasteiger partial charge in [0.2, 0.25) is 11.9 Å². The van der Waals surface area contributed by atoms with Gasteiger partial charge in [-0.25, -0.2) is 9.37 Å². The third-order valence-electron chi connectivity index (χ3n) is 5.41. The van der Waals surface area contributed by atoms with Crippen molar-refractivity contribution in [2.75, 3.05) is 31.1 Å². The number of alkyl halides is 4. The summed E-state index contributed by atoms with van der Waals surface area (Å²) in [6.45, 7) is 1.85. The van der Waals surface area contributed by atoms with Gasteiger partial charge in [-0.1, -0.05) is 0 Å². The maximum Gasteiger partial charge on any atom is 0.416 e. The molecule has 2 aromatic rings. The maximum absolute atomic E-state index is 13.8. The van der Waals surface area contributed by atoms with Gasteiger partial charge in [-0.2, -0.15) is 13.2 Å². The maximum atomic E-state index is 13.8. The van der Waals surface area contributed by atoms with Crippen molar-refractivity contribution in [2.24, 2.45) is 5.73 Å². The summed E-state index contributed by atoms with van der Waals surface area (Å²) in [6.07, 6.45) is -4.47. The third kappa shape index (κ3) is 3.41. The molecule has 2 aliphatic rings. The fourth-order valence-electron chi connectivity index (χ4n) is 3.63. The molecule has 28 heavy (non-hydrogen) atoms. The number of rotatable bonds is 3. The van der Waals surface area contributed by atoms with Gasteiger partial charge in [-0.05, 0) is 31.0 Å². The molecule has 2 fully saturated rings. The second-order valence-corrected chi connectivity index (χ2v) is 7.35. The van der Waals surface area contributed by atoms with Gasteiger partial charge in [0.1, 0.15) is 12.7 Å². The number of nitrogens with zero attached hydrogens (tertiary/aromatic N) is 4. The van der Waals surface area contributed by atoms with Gasteiger partial charge < -0.3 is 20.1 Å². The highest BCUT2D eigenvalue weighted by Gasteiger charge is 2.33. The molecular weight excluding hydrogens is 378 g/mol. The predicted octanol–water partition coefficient (Wildman–Crippen LogP) is 2.16. The highest BCUT2D eigenvalue weighted by Crippen LogP contribution is 2.33. The Balaban J connectivity index is 1.74. The van der Waals surface area contributed by atoms with E-state index in [0.29, 0.717) is 31.1 Å². The Kier molecular flexibility index (Phi) is 4.68. The number of hydrogen-bond donors (Lipinski definition) is 1. The molecule has 0 bridgehead atoms. The van der Waals surface area contributed by atoms with E-state index < -0.39 is 24.0 Å². The predicted molar refractivity (Wildman–Crippen MR) is 95.6 cm³/mol. The van der Waals surface area contributed by atoms with Crippen molar-refractivity contribution in [2.45, 2.75) is 37.8 Å². The zero-order chi connectivity index (χ0) is 20.1. The molecule has 1 aromatic heterocycles. The van der Waals surface area contributed by atoms with Crippen LogP contribution in [0.1, 0.15) is 18.4 Å². The molecule has 4 rings (SSSR count). The van der Waals surface area contributed by atoms with E-state index in [9.17, 15) is 22.4 Å². The normalized spacial score (nSPS) is 23.2. The van der Waals surface area contributed by atoms with Crippen molar-refractivity contribution in [1.29, 1.82) is 0 Å². The first kappa shape index (κ1) is 19.0. The number of fused-ring (bicyclic) bond motifs is 1. The SMILES string of the molecule is N[C@@H]1CN(c2nc3cc(C(F)(F)F)ccc3n2CC(=O)N2CCC2)CC[C@@H]1F. The zero-order valence-corrected chi connectivity index (χ0v) is 15.1. The minimum atomic E-state index is -4.49. The van der Waals surface area contributed by atoms with E-state index in [1.165, 1.54) is 6.07 Å². The molecule has 3 heterocycles.